The van der Waals surface area contributed by atoms with E-state index in [1.165, 1.54) is 24.8 Å². The van der Waals surface area contributed by atoms with Crippen LogP contribution in [0, 0.1) is 0 Å². The number of hydrogen-bond acceptors (Lipinski definition) is 2. The number of alkyl halides is 1. The number of nitrogens with zero attached hydrogens (tertiary/aromatic N) is 1. The second-order valence-corrected chi connectivity index (χ2v) is 6.94. The van der Waals surface area contributed by atoms with Crippen molar-refractivity contribution in [2.75, 3.05) is 27.7 Å². The van der Waals surface area contributed by atoms with E-state index in [4.69, 9.17) is 16.3 Å². The summed E-state index contributed by atoms with van der Waals surface area (Å²) in [6.45, 7) is 0.996. The molecular weight excluding hydrogens is 270 g/mol. The van der Waals surface area contributed by atoms with Gasteiger partial charge in [0.1, 0.15) is 5.75 Å². The van der Waals surface area contributed by atoms with Crippen molar-refractivity contribution in [1.82, 2.24) is 4.90 Å². The normalized spacial score (nSPS) is 19.9. The van der Waals surface area contributed by atoms with E-state index in [1.807, 2.05) is 12.1 Å². The van der Waals surface area contributed by atoms with Crippen LogP contribution in [0.1, 0.15) is 43.6 Å². The van der Waals surface area contributed by atoms with E-state index in [2.05, 4.69) is 31.1 Å². The highest BCUT2D eigenvalue weighted by Crippen LogP contribution is 2.45. The van der Waals surface area contributed by atoms with Gasteiger partial charge in [-0.05, 0) is 44.6 Å². The lowest BCUT2D eigenvalue weighted by Crippen LogP contribution is -2.38. The summed E-state index contributed by atoms with van der Waals surface area (Å²) >= 11 is 7.04. The molecule has 112 valence electrons. The average molecular weight is 296 g/mol. The Hall–Kier alpha value is -0.730. The van der Waals surface area contributed by atoms with Gasteiger partial charge in [-0.2, -0.15) is 0 Å². The van der Waals surface area contributed by atoms with E-state index in [0.29, 0.717) is 5.92 Å². The van der Waals surface area contributed by atoms with Crippen molar-refractivity contribution in [1.29, 1.82) is 0 Å². The van der Waals surface area contributed by atoms with Crippen LogP contribution in [0.4, 0.5) is 0 Å². The molecule has 3 heteroatoms. The van der Waals surface area contributed by atoms with Crippen LogP contribution in [0.25, 0.3) is 0 Å². The molecule has 20 heavy (non-hydrogen) atoms. The first-order valence-corrected chi connectivity index (χ1v) is 7.90. The first-order chi connectivity index (χ1) is 9.55. The Morgan fingerprint density at radius 2 is 1.75 bits per heavy atom. The van der Waals surface area contributed by atoms with E-state index >= 15 is 0 Å². The predicted octanol–water partition coefficient (Wildman–Crippen LogP) is 4.28. The third kappa shape index (κ3) is 3.67. The van der Waals surface area contributed by atoms with Gasteiger partial charge < -0.3 is 9.64 Å². The summed E-state index contributed by atoms with van der Waals surface area (Å²) in [6, 6.07) is 8.43. The molecule has 1 aliphatic carbocycles. The van der Waals surface area contributed by atoms with Crippen LogP contribution in [0.5, 0.6) is 5.75 Å². The number of benzene rings is 1. The molecule has 0 aromatic heterocycles. The van der Waals surface area contributed by atoms with Gasteiger partial charge in [-0.3, -0.25) is 0 Å². The number of hydrogen-bond donors (Lipinski definition) is 0. The van der Waals surface area contributed by atoms with Crippen LogP contribution < -0.4 is 4.74 Å². The quantitative estimate of drug-likeness (QED) is 0.752. The number of rotatable bonds is 5. The Balaban J connectivity index is 2.25. The van der Waals surface area contributed by atoms with Gasteiger partial charge >= 0.3 is 0 Å². The fourth-order valence-corrected chi connectivity index (χ4v) is 3.72. The van der Waals surface area contributed by atoms with Gasteiger partial charge in [0.2, 0.25) is 0 Å². The highest BCUT2D eigenvalue weighted by molar-refractivity contribution is 6.24. The van der Waals surface area contributed by atoms with Crippen molar-refractivity contribution in [3.05, 3.63) is 29.8 Å². The summed E-state index contributed by atoms with van der Waals surface area (Å²) < 4.78 is 5.26. The molecule has 0 amide bonds. The monoisotopic (exact) mass is 295 g/mol. The van der Waals surface area contributed by atoms with Crippen molar-refractivity contribution >= 4 is 11.6 Å². The number of ether oxygens (including phenoxy) is 1. The zero-order chi connectivity index (χ0) is 14.6. The van der Waals surface area contributed by atoms with Gasteiger partial charge in [-0.15, -0.1) is 11.6 Å². The van der Waals surface area contributed by atoms with E-state index in [0.717, 1.165) is 25.1 Å². The zero-order valence-corrected chi connectivity index (χ0v) is 13.6. The lowest BCUT2D eigenvalue weighted by molar-refractivity contribution is 0.275. The van der Waals surface area contributed by atoms with Crippen molar-refractivity contribution in [2.45, 2.75) is 42.9 Å². The van der Waals surface area contributed by atoms with Crippen molar-refractivity contribution in [3.63, 3.8) is 0 Å². The summed E-state index contributed by atoms with van der Waals surface area (Å²) in [5.41, 5.74) is 1.33. The van der Waals surface area contributed by atoms with Crippen LogP contribution >= 0.6 is 11.6 Å². The molecule has 1 saturated carbocycles. The molecule has 2 rings (SSSR count). The van der Waals surface area contributed by atoms with Crippen molar-refractivity contribution in [2.24, 2.45) is 0 Å². The largest absolute Gasteiger partial charge is 0.497 e. The minimum Gasteiger partial charge on any atom is -0.497 e. The molecule has 0 saturated heterocycles. The molecule has 1 aromatic rings. The SMILES string of the molecule is COc1ccc(C(CN(C)C)C2(Cl)CCCCC2)cc1. The third-order valence-corrected chi connectivity index (χ3v) is 5.02. The first kappa shape index (κ1) is 15.7. The second kappa shape index (κ2) is 6.82. The molecule has 0 bridgehead atoms. The van der Waals surface area contributed by atoms with Crippen LogP contribution in [0.2, 0.25) is 0 Å². The van der Waals surface area contributed by atoms with Crippen LogP contribution in [-0.2, 0) is 0 Å². The van der Waals surface area contributed by atoms with Crippen molar-refractivity contribution < 1.29 is 4.74 Å². The molecule has 1 unspecified atom stereocenters. The highest BCUT2D eigenvalue weighted by atomic mass is 35.5. The van der Waals surface area contributed by atoms with E-state index in [9.17, 15) is 0 Å². The Kier molecular flexibility index (Phi) is 5.34. The molecule has 1 fully saturated rings. The smallest absolute Gasteiger partial charge is 0.118 e. The number of methoxy groups -OCH3 is 1. The van der Waals surface area contributed by atoms with Gasteiger partial charge in [0.25, 0.3) is 0 Å². The molecule has 1 aliphatic rings. The molecule has 0 spiro atoms. The van der Waals surface area contributed by atoms with Crippen molar-refractivity contribution in [3.8, 4) is 5.75 Å². The third-order valence-electron chi connectivity index (χ3n) is 4.38. The maximum absolute atomic E-state index is 7.04. The minimum absolute atomic E-state index is 0.0862. The fourth-order valence-electron chi connectivity index (χ4n) is 3.26. The minimum atomic E-state index is -0.0862. The summed E-state index contributed by atoms with van der Waals surface area (Å²) in [5.74, 6) is 1.29. The Morgan fingerprint density at radius 1 is 1.15 bits per heavy atom. The number of likely N-dealkylation sites (N-methyl/N-ethyl adjacent to an activating group) is 1. The van der Waals surface area contributed by atoms with Gasteiger partial charge in [-0.1, -0.05) is 31.4 Å². The maximum Gasteiger partial charge on any atom is 0.118 e. The van der Waals surface area contributed by atoms with E-state index < -0.39 is 0 Å². The molecule has 2 nitrogen and oxygen atoms in total. The predicted molar refractivity (Wildman–Crippen MR) is 86.0 cm³/mol. The standard InChI is InChI=1S/C17H26ClNO/c1-19(2)13-16(17(18)11-5-4-6-12-17)14-7-9-15(20-3)10-8-14/h7-10,16H,4-6,11-13H2,1-3H3. The Labute approximate surface area is 128 Å². The second-order valence-electron chi connectivity index (χ2n) is 6.18. The van der Waals surface area contributed by atoms with E-state index in [-0.39, 0.29) is 4.87 Å². The molecule has 0 N–H and O–H groups in total. The highest BCUT2D eigenvalue weighted by Gasteiger charge is 2.38. The fraction of sp³-hybridized carbons (Fsp3) is 0.647. The number of halogens is 1. The molecule has 0 heterocycles. The lowest BCUT2D eigenvalue weighted by atomic mass is 9.75. The summed E-state index contributed by atoms with van der Waals surface area (Å²) in [6.07, 6.45) is 6.08. The summed E-state index contributed by atoms with van der Waals surface area (Å²) in [7, 11) is 5.95. The molecule has 0 aliphatic heterocycles. The van der Waals surface area contributed by atoms with Gasteiger partial charge in [0.15, 0.2) is 0 Å². The van der Waals surface area contributed by atoms with Crippen LogP contribution in [0.3, 0.4) is 0 Å². The van der Waals surface area contributed by atoms with Gasteiger partial charge in [-0.25, -0.2) is 0 Å². The summed E-state index contributed by atoms with van der Waals surface area (Å²) in [4.78, 5) is 2.16. The lowest BCUT2D eigenvalue weighted by Gasteiger charge is -2.40. The van der Waals surface area contributed by atoms with Gasteiger partial charge in [0, 0.05) is 12.5 Å². The van der Waals surface area contributed by atoms with Crippen LogP contribution in [-0.4, -0.2) is 37.5 Å². The van der Waals surface area contributed by atoms with E-state index in [1.54, 1.807) is 7.11 Å². The zero-order valence-electron chi connectivity index (χ0n) is 12.9. The molecular formula is C17H26ClNO. The van der Waals surface area contributed by atoms with Gasteiger partial charge in [0.05, 0.1) is 12.0 Å². The average Bonchev–Trinajstić information content (AvgIpc) is 2.45. The topological polar surface area (TPSA) is 12.5 Å². The molecule has 1 atom stereocenters. The first-order valence-electron chi connectivity index (χ1n) is 7.53. The Morgan fingerprint density at radius 3 is 2.25 bits per heavy atom. The van der Waals surface area contributed by atoms with Crippen LogP contribution in [0.15, 0.2) is 24.3 Å². The maximum atomic E-state index is 7.04. The summed E-state index contributed by atoms with van der Waals surface area (Å²) in [5, 5.41) is 0. The Bertz CT molecular complexity index is 410. The molecule has 0 radical (unpaired) electrons. The molecule has 1 aromatic carbocycles.